The molecule has 0 fully saturated rings. The number of urea groups is 1. The summed E-state index contributed by atoms with van der Waals surface area (Å²) in [6.07, 6.45) is 4.54. The minimum Gasteiger partial charge on any atom is -0.481 e. The average molecular weight is 402 g/mol. The number of ether oxygens (including phenoxy) is 1. The van der Waals surface area contributed by atoms with Crippen molar-refractivity contribution in [1.82, 2.24) is 4.90 Å². The van der Waals surface area contributed by atoms with Crippen molar-refractivity contribution in [3.05, 3.63) is 39.5 Å². The van der Waals surface area contributed by atoms with E-state index in [9.17, 15) is 14.4 Å². The van der Waals surface area contributed by atoms with Crippen LogP contribution in [0.3, 0.4) is 0 Å². The van der Waals surface area contributed by atoms with Crippen LogP contribution >= 0.6 is 0 Å². The number of carbonyl (C=O) groups excluding carboxylic acids is 2. The van der Waals surface area contributed by atoms with Crippen molar-refractivity contribution < 1.29 is 24.2 Å². The molecule has 1 heterocycles. The number of hydrogen-bond donors (Lipinski definition) is 2. The van der Waals surface area contributed by atoms with E-state index in [0.717, 1.165) is 40.7 Å². The maximum atomic E-state index is 12.5. The van der Waals surface area contributed by atoms with Gasteiger partial charge in [-0.3, -0.25) is 4.79 Å². The Labute approximate surface area is 171 Å². The fourth-order valence-corrected chi connectivity index (χ4v) is 3.68. The monoisotopic (exact) mass is 402 g/mol. The van der Waals surface area contributed by atoms with Gasteiger partial charge in [-0.15, -0.1) is 0 Å². The lowest BCUT2D eigenvalue weighted by Gasteiger charge is -2.22. The van der Waals surface area contributed by atoms with Crippen molar-refractivity contribution >= 4 is 23.7 Å². The minimum atomic E-state index is -0.834. The number of rotatable bonds is 8. The van der Waals surface area contributed by atoms with E-state index in [0.29, 0.717) is 24.1 Å². The first-order chi connectivity index (χ1) is 13.7. The highest BCUT2D eigenvalue weighted by atomic mass is 16.5. The van der Waals surface area contributed by atoms with Crippen molar-refractivity contribution in [2.45, 2.75) is 59.5 Å². The highest BCUT2D eigenvalue weighted by Gasteiger charge is 2.32. The summed E-state index contributed by atoms with van der Waals surface area (Å²) in [7, 11) is 3.29. The zero-order valence-corrected chi connectivity index (χ0v) is 17.8. The maximum Gasteiger partial charge on any atom is 0.341 e. The van der Waals surface area contributed by atoms with Gasteiger partial charge in [0.2, 0.25) is 0 Å². The number of carbonyl (C=O) groups is 3. The Balaban J connectivity index is 2.60. The van der Waals surface area contributed by atoms with Crippen LogP contribution in [0.1, 0.15) is 66.2 Å². The lowest BCUT2D eigenvalue weighted by atomic mass is 9.86. The number of nitrogens with zero attached hydrogens (tertiary/aromatic N) is 1. The van der Waals surface area contributed by atoms with Gasteiger partial charge >= 0.3 is 18.0 Å². The molecule has 1 aromatic rings. The van der Waals surface area contributed by atoms with Crippen LogP contribution in [0.5, 0.6) is 0 Å². The number of benzene rings is 1. The number of allylic oxidation sites excluding steroid dienone is 2. The third-order valence-electron chi connectivity index (χ3n) is 5.23. The second kappa shape index (κ2) is 9.58. The van der Waals surface area contributed by atoms with Gasteiger partial charge in [-0.1, -0.05) is 25.5 Å². The van der Waals surface area contributed by atoms with Crippen LogP contribution in [0.4, 0.5) is 10.5 Å². The summed E-state index contributed by atoms with van der Waals surface area (Å²) in [5.74, 6) is -1.25. The second-order valence-electron chi connectivity index (χ2n) is 7.42. The second-order valence-corrected chi connectivity index (χ2v) is 7.42. The van der Waals surface area contributed by atoms with Crippen molar-refractivity contribution in [3.63, 3.8) is 0 Å². The van der Waals surface area contributed by atoms with E-state index in [2.05, 4.69) is 12.2 Å². The molecule has 2 N–H and O–H groups in total. The number of nitrogens with one attached hydrogen (secondary N) is 1. The molecule has 0 bridgehead atoms. The molecular formula is C22H30N2O5. The topological polar surface area (TPSA) is 95.9 Å². The maximum absolute atomic E-state index is 12.5. The summed E-state index contributed by atoms with van der Waals surface area (Å²) in [6, 6.07) is -0.314. The fraction of sp³-hybridized carbons (Fsp3) is 0.500. The average Bonchev–Trinajstić information content (AvgIpc) is 3.05. The normalized spacial score (nSPS) is 13.1. The van der Waals surface area contributed by atoms with E-state index in [4.69, 9.17) is 9.84 Å². The molecule has 0 saturated heterocycles. The number of esters is 1. The molecule has 1 aliphatic heterocycles. The molecule has 7 nitrogen and oxygen atoms in total. The van der Waals surface area contributed by atoms with Crippen LogP contribution in [0.15, 0.2) is 11.6 Å². The molecule has 158 valence electrons. The summed E-state index contributed by atoms with van der Waals surface area (Å²) < 4.78 is 5.31. The highest BCUT2D eigenvalue weighted by molar-refractivity contribution is 6.05. The van der Waals surface area contributed by atoms with E-state index >= 15 is 0 Å². The first kappa shape index (κ1) is 22.5. The van der Waals surface area contributed by atoms with E-state index in [1.165, 1.54) is 4.90 Å². The van der Waals surface area contributed by atoms with Crippen LogP contribution in [0.25, 0.3) is 0 Å². The zero-order valence-electron chi connectivity index (χ0n) is 17.8. The number of aliphatic carboxylic acids is 1. The Morgan fingerprint density at radius 3 is 2.34 bits per heavy atom. The van der Waals surface area contributed by atoms with Crippen molar-refractivity contribution in [3.8, 4) is 0 Å². The molecule has 0 radical (unpaired) electrons. The molecule has 7 heteroatoms. The molecule has 0 saturated carbocycles. The Morgan fingerprint density at radius 1 is 1.14 bits per heavy atom. The predicted molar refractivity (Wildman–Crippen MR) is 111 cm³/mol. The van der Waals surface area contributed by atoms with Crippen LogP contribution in [-0.2, 0) is 35.4 Å². The van der Waals surface area contributed by atoms with Crippen LogP contribution in [0.2, 0.25) is 0 Å². The number of hydrogen-bond acceptors (Lipinski definition) is 4. The lowest BCUT2D eigenvalue weighted by molar-refractivity contribution is -0.136. The highest BCUT2D eigenvalue weighted by Crippen LogP contribution is 2.38. The summed E-state index contributed by atoms with van der Waals surface area (Å²) in [6.45, 7) is 6.23. The standard InChI is InChI=1S/C22H30N2O5/c1-6-14-15(7-2)17-12-29-21(27)19(17)20(23-22(28)24(4)5)16(14)10-8-13(3)9-11-18(25)26/h8H,6-7,9-12H2,1-5H3,(H,23,28)(H,25,26)/b13-8+. The molecule has 2 amide bonds. The Hall–Kier alpha value is -2.83. The van der Waals surface area contributed by atoms with Crippen LogP contribution in [0, 0.1) is 0 Å². The van der Waals surface area contributed by atoms with Gasteiger partial charge in [0.1, 0.15) is 6.61 Å². The van der Waals surface area contributed by atoms with E-state index < -0.39 is 11.9 Å². The first-order valence-corrected chi connectivity index (χ1v) is 9.93. The zero-order chi connectivity index (χ0) is 21.7. The molecule has 2 rings (SSSR count). The quantitative estimate of drug-likeness (QED) is 0.507. The van der Waals surface area contributed by atoms with Crippen molar-refractivity contribution in [2.24, 2.45) is 0 Å². The van der Waals surface area contributed by atoms with Crippen LogP contribution in [-0.4, -0.2) is 42.1 Å². The SMILES string of the molecule is CCc1c(CC)c2c(c(NC(=O)N(C)C)c1C/C=C(\C)CCC(=O)O)C(=O)OC2. The number of anilines is 1. The number of carboxylic acid groups (broad SMARTS) is 1. The summed E-state index contributed by atoms with van der Waals surface area (Å²) in [5.41, 5.74) is 5.88. The van der Waals surface area contributed by atoms with Crippen molar-refractivity contribution in [1.29, 1.82) is 0 Å². The van der Waals surface area contributed by atoms with Gasteiger partial charge < -0.3 is 20.1 Å². The number of amides is 2. The Kier molecular flexibility index (Phi) is 7.42. The fourth-order valence-electron chi connectivity index (χ4n) is 3.68. The largest absolute Gasteiger partial charge is 0.481 e. The predicted octanol–water partition coefficient (Wildman–Crippen LogP) is 3.93. The van der Waals surface area contributed by atoms with Gasteiger partial charge in [0.25, 0.3) is 0 Å². The van der Waals surface area contributed by atoms with E-state index in [1.54, 1.807) is 14.1 Å². The molecule has 0 atom stereocenters. The number of carboxylic acids is 1. The first-order valence-electron chi connectivity index (χ1n) is 9.93. The Bertz CT molecular complexity index is 855. The number of fused-ring (bicyclic) bond motifs is 1. The van der Waals surface area contributed by atoms with Crippen LogP contribution < -0.4 is 5.32 Å². The molecule has 0 aliphatic carbocycles. The minimum absolute atomic E-state index is 0.0733. The molecule has 0 unspecified atom stereocenters. The third kappa shape index (κ3) is 4.96. The molecule has 0 spiro atoms. The van der Waals surface area contributed by atoms with E-state index in [-0.39, 0.29) is 19.1 Å². The van der Waals surface area contributed by atoms with Gasteiger partial charge in [0.15, 0.2) is 0 Å². The van der Waals surface area contributed by atoms with Gasteiger partial charge in [0, 0.05) is 26.1 Å². The van der Waals surface area contributed by atoms with E-state index in [1.807, 2.05) is 19.9 Å². The lowest BCUT2D eigenvalue weighted by Crippen LogP contribution is -2.29. The number of cyclic esters (lactones) is 1. The van der Waals surface area contributed by atoms with Gasteiger partial charge in [-0.2, -0.15) is 0 Å². The van der Waals surface area contributed by atoms with Gasteiger partial charge in [-0.25, -0.2) is 9.59 Å². The smallest absolute Gasteiger partial charge is 0.341 e. The Morgan fingerprint density at radius 2 is 1.79 bits per heavy atom. The van der Waals surface area contributed by atoms with Gasteiger partial charge in [0.05, 0.1) is 11.3 Å². The molecular weight excluding hydrogens is 372 g/mol. The summed E-state index contributed by atoms with van der Waals surface area (Å²) in [5, 5.41) is 11.8. The molecule has 0 aromatic heterocycles. The third-order valence-corrected chi connectivity index (χ3v) is 5.23. The molecule has 29 heavy (non-hydrogen) atoms. The van der Waals surface area contributed by atoms with Gasteiger partial charge in [-0.05, 0) is 49.3 Å². The van der Waals surface area contributed by atoms with Crippen molar-refractivity contribution in [2.75, 3.05) is 19.4 Å². The summed E-state index contributed by atoms with van der Waals surface area (Å²) >= 11 is 0. The molecule has 1 aliphatic rings. The summed E-state index contributed by atoms with van der Waals surface area (Å²) in [4.78, 5) is 37.2. The molecule has 1 aromatic carbocycles.